The molecule has 1 aromatic carbocycles. The highest BCUT2D eigenvalue weighted by Crippen LogP contribution is 2.42. The van der Waals surface area contributed by atoms with Crippen LogP contribution in [0.3, 0.4) is 0 Å². The fourth-order valence-electron chi connectivity index (χ4n) is 2.89. The van der Waals surface area contributed by atoms with Crippen molar-refractivity contribution in [3.05, 3.63) is 44.0 Å². The average molecular weight is 510 g/mol. The van der Waals surface area contributed by atoms with Crippen LogP contribution in [-0.2, 0) is 29.3 Å². The lowest BCUT2D eigenvalue weighted by molar-refractivity contribution is -0.760. The molecule has 0 amide bonds. The van der Waals surface area contributed by atoms with Gasteiger partial charge in [-0.2, -0.15) is 13.2 Å². The van der Waals surface area contributed by atoms with Crippen LogP contribution in [0.1, 0.15) is 45.7 Å². The van der Waals surface area contributed by atoms with Gasteiger partial charge in [0.1, 0.15) is 12.4 Å². The van der Waals surface area contributed by atoms with E-state index in [1.54, 1.807) is 0 Å². The molecular formula is C21H23ClF3NO8. The third kappa shape index (κ3) is 6.52. The van der Waals surface area contributed by atoms with Crippen molar-refractivity contribution in [1.29, 1.82) is 0 Å². The summed E-state index contributed by atoms with van der Waals surface area (Å²) in [5.74, 6) is -2.57. The molecule has 0 N–H and O–H groups in total. The fraction of sp³-hybridized carbons (Fsp3) is 0.524. The molecule has 13 heteroatoms. The molecule has 0 aromatic heterocycles. The Morgan fingerprint density at radius 3 is 2.29 bits per heavy atom. The van der Waals surface area contributed by atoms with Gasteiger partial charge in [0.25, 0.3) is 5.09 Å². The largest absolute Gasteiger partial charge is 0.475 e. The second-order valence-electron chi connectivity index (χ2n) is 9.12. The molecular weight excluding hydrogens is 487 g/mol. The Labute approximate surface area is 197 Å². The van der Waals surface area contributed by atoms with Crippen molar-refractivity contribution in [3.8, 4) is 5.75 Å². The van der Waals surface area contributed by atoms with E-state index in [1.165, 1.54) is 26.0 Å². The van der Waals surface area contributed by atoms with Gasteiger partial charge in [0.05, 0.1) is 11.0 Å². The molecule has 0 bridgehead atoms. The molecule has 1 aliphatic heterocycles. The van der Waals surface area contributed by atoms with Crippen LogP contribution in [0.2, 0.25) is 5.02 Å². The van der Waals surface area contributed by atoms with Crippen LogP contribution in [-0.4, -0.2) is 42.7 Å². The average Bonchev–Trinajstić information content (AvgIpc) is 2.69. The number of hydrogen-bond donors (Lipinski definition) is 0. The summed E-state index contributed by atoms with van der Waals surface area (Å²) in [6.45, 7) is 6.35. The highest BCUT2D eigenvalue weighted by atomic mass is 35.5. The Bertz CT molecular complexity index is 1010. The lowest BCUT2D eigenvalue weighted by Gasteiger charge is -2.30. The summed E-state index contributed by atoms with van der Waals surface area (Å²) in [6, 6.07) is 2.78. The van der Waals surface area contributed by atoms with Crippen molar-refractivity contribution in [2.75, 3.05) is 13.4 Å². The Hall–Kier alpha value is -3.02. The second kappa shape index (κ2) is 9.69. The van der Waals surface area contributed by atoms with Crippen LogP contribution in [0.4, 0.5) is 13.2 Å². The van der Waals surface area contributed by atoms with Gasteiger partial charge in [-0.05, 0) is 43.0 Å². The number of benzene rings is 1. The van der Waals surface area contributed by atoms with Crippen molar-refractivity contribution in [1.82, 2.24) is 0 Å². The minimum absolute atomic E-state index is 0.104. The number of carbonyl (C=O) groups excluding carboxylic acids is 2. The standard InChI is InChI=1S/C21H23ClF3NO8/c1-19(2,3)13-8-15-11(7-14(13)22)6-12(16(34-15)21(23,24)25)17(27)31-10-32-18(28)20(4,5)9-33-26(29)30/h6-8,16H,9-10H2,1-5H3/t16-/m0/s1. The molecule has 0 aliphatic carbocycles. The Balaban J connectivity index is 2.22. The maximum atomic E-state index is 13.7. The number of esters is 2. The van der Waals surface area contributed by atoms with E-state index in [9.17, 15) is 32.9 Å². The lowest BCUT2D eigenvalue weighted by Crippen LogP contribution is -2.41. The molecule has 1 atom stereocenters. The quantitative estimate of drug-likeness (QED) is 0.226. The van der Waals surface area contributed by atoms with Gasteiger partial charge in [-0.1, -0.05) is 32.4 Å². The first-order chi connectivity index (χ1) is 15.4. The second-order valence-corrected chi connectivity index (χ2v) is 9.53. The van der Waals surface area contributed by atoms with E-state index in [0.717, 1.165) is 6.08 Å². The smallest absolute Gasteiger partial charge is 0.430 e. The van der Waals surface area contributed by atoms with Gasteiger partial charge in [-0.15, -0.1) is 10.1 Å². The van der Waals surface area contributed by atoms with Crippen LogP contribution in [0.25, 0.3) is 6.08 Å². The first-order valence-corrected chi connectivity index (χ1v) is 10.2. The summed E-state index contributed by atoms with van der Waals surface area (Å²) < 4.78 is 55.5. The highest BCUT2D eigenvalue weighted by Gasteiger charge is 2.49. The van der Waals surface area contributed by atoms with Gasteiger partial charge in [0.2, 0.25) is 12.9 Å². The van der Waals surface area contributed by atoms with Crippen LogP contribution in [0.5, 0.6) is 5.75 Å². The zero-order valence-electron chi connectivity index (χ0n) is 18.9. The van der Waals surface area contributed by atoms with Crippen molar-refractivity contribution < 1.29 is 46.9 Å². The molecule has 34 heavy (non-hydrogen) atoms. The molecule has 1 heterocycles. The molecule has 0 saturated carbocycles. The van der Waals surface area contributed by atoms with Crippen molar-refractivity contribution in [2.45, 2.75) is 52.3 Å². The molecule has 9 nitrogen and oxygen atoms in total. The van der Waals surface area contributed by atoms with Gasteiger partial charge < -0.3 is 19.0 Å². The number of fused-ring (bicyclic) bond motifs is 1. The number of halogens is 4. The van der Waals surface area contributed by atoms with Crippen LogP contribution in [0, 0.1) is 15.5 Å². The minimum Gasteiger partial charge on any atom is -0.475 e. The van der Waals surface area contributed by atoms with E-state index in [-0.39, 0.29) is 16.3 Å². The van der Waals surface area contributed by atoms with Crippen LogP contribution >= 0.6 is 11.6 Å². The number of nitrogens with zero attached hydrogens (tertiary/aromatic N) is 1. The van der Waals surface area contributed by atoms with E-state index >= 15 is 0 Å². The van der Waals surface area contributed by atoms with Crippen LogP contribution < -0.4 is 4.74 Å². The molecule has 0 saturated heterocycles. The minimum atomic E-state index is -4.96. The van der Waals surface area contributed by atoms with Gasteiger partial charge in [-0.3, -0.25) is 4.79 Å². The predicted molar refractivity (Wildman–Crippen MR) is 112 cm³/mol. The Kier molecular flexibility index (Phi) is 7.76. The van der Waals surface area contributed by atoms with Gasteiger partial charge >= 0.3 is 18.1 Å². The number of ether oxygens (including phenoxy) is 3. The monoisotopic (exact) mass is 509 g/mol. The molecule has 0 fully saturated rings. The topological polar surface area (TPSA) is 114 Å². The first-order valence-electron chi connectivity index (χ1n) is 9.84. The third-order valence-electron chi connectivity index (χ3n) is 4.74. The molecule has 0 spiro atoms. The number of hydrogen-bond acceptors (Lipinski definition) is 8. The number of alkyl halides is 3. The summed E-state index contributed by atoms with van der Waals surface area (Å²) in [5, 5.41) is 9.45. The Morgan fingerprint density at radius 1 is 1.15 bits per heavy atom. The SMILES string of the molecule is CC(C)(CO[N+](=O)[O-])C(=O)OCOC(=O)C1=Cc2cc(Cl)c(C(C)(C)C)cc2O[C@@H]1C(F)(F)F. The molecule has 1 aromatic rings. The van der Waals surface area contributed by atoms with Crippen molar-refractivity contribution in [3.63, 3.8) is 0 Å². The van der Waals surface area contributed by atoms with E-state index in [4.69, 9.17) is 21.1 Å². The fourth-order valence-corrected chi connectivity index (χ4v) is 3.34. The molecule has 0 radical (unpaired) electrons. The maximum absolute atomic E-state index is 13.7. The van der Waals surface area contributed by atoms with E-state index < -0.39 is 59.1 Å². The lowest BCUT2D eigenvalue weighted by atomic mass is 9.85. The highest BCUT2D eigenvalue weighted by molar-refractivity contribution is 6.31. The van der Waals surface area contributed by atoms with Gasteiger partial charge in [-0.25, -0.2) is 4.79 Å². The van der Waals surface area contributed by atoms with Crippen LogP contribution in [0.15, 0.2) is 17.7 Å². The third-order valence-corrected chi connectivity index (χ3v) is 5.05. The first kappa shape index (κ1) is 27.2. The Morgan fingerprint density at radius 2 is 1.76 bits per heavy atom. The van der Waals surface area contributed by atoms with Crippen molar-refractivity contribution in [2.24, 2.45) is 5.41 Å². The summed E-state index contributed by atoms with van der Waals surface area (Å²) in [5.41, 5.74) is -2.13. The summed E-state index contributed by atoms with van der Waals surface area (Å²) in [4.78, 5) is 38.8. The summed E-state index contributed by atoms with van der Waals surface area (Å²) >= 11 is 6.27. The summed E-state index contributed by atoms with van der Waals surface area (Å²) in [6.07, 6.45) is -6.63. The van der Waals surface area contributed by atoms with Gasteiger partial charge in [0.15, 0.2) is 0 Å². The molecule has 2 rings (SSSR count). The number of carbonyl (C=O) groups is 2. The molecule has 188 valence electrons. The van der Waals surface area contributed by atoms with Gasteiger partial charge in [0, 0.05) is 10.6 Å². The molecule has 0 unspecified atom stereocenters. The predicted octanol–water partition coefficient (Wildman–Crippen LogP) is 4.62. The van der Waals surface area contributed by atoms with Crippen molar-refractivity contribution >= 4 is 29.6 Å². The zero-order valence-corrected chi connectivity index (χ0v) is 19.7. The number of rotatable bonds is 7. The van der Waals surface area contributed by atoms with E-state index in [2.05, 4.69) is 9.57 Å². The van der Waals surface area contributed by atoms with E-state index in [1.807, 2.05) is 20.8 Å². The summed E-state index contributed by atoms with van der Waals surface area (Å²) in [7, 11) is 0. The normalized spacial score (nSPS) is 16.0. The molecule has 1 aliphatic rings. The zero-order chi connectivity index (χ0) is 26.1. The maximum Gasteiger partial charge on any atom is 0.430 e. The van der Waals surface area contributed by atoms with E-state index in [0.29, 0.717) is 5.56 Å².